The molecule has 0 amide bonds. The average molecular weight is 233 g/mol. The molecule has 2 rings (SSSR count). The lowest BCUT2D eigenvalue weighted by molar-refractivity contribution is 0.237. The smallest absolute Gasteiger partial charge is 0.124 e. The Bertz CT molecular complexity index is 341. The summed E-state index contributed by atoms with van der Waals surface area (Å²) in [5, 5.41) is 3.63. The first-order valence-corrected chi connectivity index (χ1v) is 6.76. The van der Waals surface area contributed by atoms with Crippen molar-refractivity contribution in [3.8, 4) is 5.75 Å². The molecule has 0 spiro atoms. The van der Waals surface area contributed by atoms with E-state index in [-0.39, 0.29) is 6.10 Å². The van der Waals surface area contributed by atoms with Crippen molar-refractivity contribution < 1.29 is 4.74 Å². The van der Waals surface area contributed by atoms with Crippen molar-refractivity contribution in [2.45, 2.75) is 51.7 Å². The molecule has 1 aromatic rings. The summed E-state index contributed by atoms with van der Waals surface area (Å²) in [6, 6.07) is 8.91. The molecule has 0 radical (unpaired) electrons. The Hall–Kier alpha value is -1.02. The summed E-state index contributed by atoms with van der Waals surface area (Å²) in [6.45, 7) is 5.29. The second-order valence-corrected chi connectivity index (χ2v) is 5.06. The number of benzene rings is 1. The molecule has 0 bridgehead atoms. The summed E-state index contributed by atoms with van der Waals surface area (Å²) in [5.41, 5.74) is 1.32. The van der Waals surface area contributed by atoms with Crippen LogP contribution in [0.15, 0.2) is 24.3 Å². The minimum absolute atomic E-state index is 0.238. The summed E-state index contributed by atoms with van der Waals surface area (Å²) in [6.07, 6.45) is 5.41. The van der Waals surface area contributed by atoms with E-state index in [1.54, 1.807) is 0 Å². The molecule has 1 aliphatic rings. The molecule has 1 fully saturated rings. The summed E-state index contributed by atoms with van der Waals surface area (Å²) >= 11 is 0. The van der Waals surface area contributed by atoms with Crippen LogP contribution < -0.4 is 10.1 Å². The summed E-state index contributed by atoms with van der Waals surface area (Å²) in [5.74, 6) is 1.04. The lowest BCUT2D eigenvalue weighted by Gasteiger charge is -2.21. The molecule has 94 valence electrons. The molecule has 2 nitrogen and oxygen atoms in total. The van der Waals surface area contributed by atoms with Crippen LogP contribution in [0.25, 0.3) is 0 Å². The second kappa shape index (κ2) is 6.06. The van der Waals surface area contributed by atoms with Crippen LogP contribution in [0.5, 0.6) is 5.75 Å². The molecule has 0 aromatic heterocycles. The van der Waals surface area contributed by atoms with Crippen molar-refractivity contribution in [1.82, 2.24) is 5.32 Å². The van der Waals surface area contributed by atoms with Gasteiger partial charge in [0.15, 0.2) is 0 Å². The Labute approximate surface area is 104 Å². The predicted octanol–water partition coefficient (Wildman–Crippen LogP) is 3.68. The SMILES string of the molecule is CC(C)Oc1ccccc1C1CCCCCN1. The van der Waals surface area contributed by atoms with Gasteiger partial charge in [-0.3, -0.25) is 0 Å². The Morgan fingerprint density at radius 1 is 1.18 bits per heavy atom. The summed E-state index contributed by atoms with van der Waals surface area (Å²) in [4.78, 5) is 0. The molecule has 1 saturated heterocycles. The van der Waals surface area contributed by atoms with Crippen molar-refractivity contribution in [3.63, 3.8) is 0 Å². The van der Waals surface area contributed by atoms with E-state index in [9.17, 15) is 0 Å². The highest BCUT2D eigenvalue weighted by Crippen LogP contribution is 2.30. The fourth-order valence-electron chi connectivity index (χ4n) is 2.42. The van der Waals surface area contributed by atoms with Gasteiger partial charge in [0.25, 0.3) is 0 Å². The first-order valence-electron chi connectivity index (χ1n) is 6.76. The van der Waals surface area contributed by atoms with Gasteiger partial charge in [-0.15, -0.1) is 0 Å². The molecular weight excluding hydrogens is 210 g/mol. The van der Waals surface area contributed by atoms with Gasteiger partial charge in [-0.2, -0.15) is 0 Å². The number of rotatable bonds is 3. The molecule has 0 aliphatic carbocycles. The fourth-order valence-corrected chi connectivity index (χ4v) is 2.42. The maximum Gasteiger partial charge on any atom is 0.124 e. The zero-order valence-electron chi connectivity index (χ0n) is 10.9. The first kappa shape index (κ1) is 12.4. The van der Waals surface area contributed by atoms with Crippen LogP contribution in [-0.2, 0) is 0 Å². The highest BCUT2D eigenvalue weighted by molar-refractivity contribution is 5.36. The van der Waals surface area contributed by atoms with Crippen molar-refractivity contribution in [1.29, 1.82) is 0 Å². The van der Waals surface area contributed by atoms with Gasteiger partial charge in [0.2, 0.25) is 0 Å². The van der Waals surface area contributed by atoms with E-state index in [0.29, 0.717) is 6.04 Å². The van der Waals surface area contributed by atoms with Crippen LogP contribution >= 0.6 is 0 Å². The lowest BCUT2D eigenvalue weighted by Crippen LogP contribution is -2.21. The molecule has 1 atom stereocenters. The zero-order valence-corrected chi connectivity index (χ0v) is 10.9. The van der Waals surface area contributed by atoms with Crippen LogP contribution in [0, 0.1) is 0 Å². The van der Waals surface area contributed by atoms with E-state index in [0.717, 1.165) is 12.3 Å². The summed E-state index contributed by atoms with van der Waals surface area (Å²) < 4.78 is 5.90. The highest BCUT2D eigenvalue weighted by atomic mass is 16.5. The Morgan fingerprint density at radius 2 is 2.00 bits per heavy atom. The van der Waals surface area contributed by atoms with Crippen molar-refractivity contribution in [2.75, 3.05) is 6.54 Å². The molecular formula is C15H23NO. The van der Waals surface area contributed by atoms with Gasteiger partial charge in [-0.1, -0.05) is 31.0 Å². The maximum atomic E-state index is 5.90. The Morgan fingerprint density at radius 3 is 2.82 bits per heavy atom. The molecule has 1 unspecified atom stereocenters. The van der Waals surface area contributed by atoms with Gasteiger partial charge in [0, 0.05) is 11.6 Å². The van der Waals surface area contributed by atoms with Gasteiger partial charge >= 0.3 is 0 Å². The topological polar surface area (TPSA) is 21.3 Å². The van der Waals surface area contributed by atoms with E-state index in [1.807, 2.05) is 0 Å². The number of ether oxygens (including phenoxy) is 1. The van der Waals surface area contributed by atoms with Crippen molar-refractivity contribution in [2.24, 2.45) is 0 Å². The van der Waals surface area contributed by atoms with Crippen molar-refractivity contribution >= 4 is 0 Å². The fraction of sp³-hybridized carbons (Fsp3) is 0.600. The van der Waals surface area contributed by atoms with E-state index >= 15 is 0 Å². The predicted molar refractivity (Wildman–Crippen MR) is 71.4 cm³/mol. The van der Waals surface area contributed by atoms with E-state index in [2.05, 4.69) is 43.4 Å². The summed E-state index contributed by atoms with van der Waals surface area (Å²) in [7, 11) is 0. The van der Waals surface area contributed by atoms with Gasteiger partial charge in [0.05, 0.1) is 6.10 Å². The standard InChI is InChI=1S/C15H23NO/c1-12(2)17-15-10-6-5-8-13(15)14-9-4-3-7-11-16-14/h5-6,8,10,12,14,16H,3-4,7,9,11H2,1-2H3. The molecule has 1 heterocycles. The number of hydrogen-bond acceptors (Lipinski definition) is 2. The quantitative estimate of drug-likeness (QED) is 0.860. The zero-order chi connectivity index (χ0) is 12.1. The van der Waals surface area contributed by atoms with Gasteiger partial charge in [-0.05, 0) is 39.3 Å². The van der Waals surface area contributed by atoms with Crippen LogP contribution in [-0.4, -0.2) is 12.6 Å². The molecule has 1 N–H and O–H groups in total. The van der Waals surface area contributed by atoms with E-state index in [1.165, 1.54) is 31.2 Å². The van der Waals surface area contributed by atoms with Gasteiger partial charge in [-0.25, -0.2) is 0 Å². The van der Waals surface area contributed by atoms with Crippen LogP contribution in [0.2, 0.25) is 0 Å². The molecule has 2 heteroatoms. The molecule has 17 heavy (non-hydrogen) atoms. The van der Waals surface area contributed by atoms with Crippen LogP contribution in [0.3, 0.4) is 0 Å². The second-order valence-electron chi connectivity index (χ2n) is 5.06. The number of hydrogen-bond donors (Lipinski definition) is 1. The highest BCUT2D eigenvalue weighted by Gasteiger charge is 2.17. The first-order chi connectivity index (χ1) is 8.27. The third kappa shape index (κ3) is 3.47. The largest absolute Gasteiger partial charge is 0.491 e. The van der Waals surface area contributed by atoms with E-state index < -0.39 is 0 Å². The van der Waals surface area contributed by atoms with Gasteiger partial charge < -0.3 is 10.1 Å². The Balaban J connectivity index is 2.17. The lowest BCUT2D eigenvalue weighted by atomic mass is 10.0. The molecule has 0 saturated carbocycles. The van der Waals surface area contributed by atoms with Crippen LogP contribution in [0.4, 0.5) is 0 Å². The van der Waals surface area contributed by atoms with Gasteiger partial charge in [0.1, 0.15) is 5.75 Å². The van der Waals surface area contributed by atoms with Crippen LogP contribution in [0.1, 0.15) is 51.1 Å². The minimum Gasteiger partial charge on any atom is -0.491 e. The third-order valence-electron chi connectivity index (χ3n) is 3.22. The number of para-hydroxylation sites is 1. The number of nitrogens with one attached hydrogen (secondary N) is 1. The minimum atomic E-state index is 0.238. The molecule has 1 aromatic carbocycles. The monoisotopic (exact) mass is 233 g/mol. The van der Waals surface area contributed by atoms with E-state index in [4.69, 9.17) is 4.74 Å². The maximum absolute atomic E-state index is 5.90. The van der Waals surface area contributed by atoms with Crippen molar-refractivity contribution in [3.05, 3.63) is 29.8 Å². The third-order valence-corrected chi connectivity index (χ3v) is 3.22. The Kier molecular flexibility index (Phi) is 4.43. The average Bonchev–Trinajstić information content (AvgIpc) is 2.57. The normalized spacial score (nSPS) is 21.2. The molecule has 1 aliphatic heterocycles.